The summed E-state index contributed by atoms with van der Waals surface area (Å²) in [5.74, 6) is -6.82. The predicted molar refractivity (Wildman–Crippen MR) is 118 cm³/mol. The van der Waals surface area contributed by atoms with Gasteiger partial charge >= 0.3 is 11.9 Å². The molecule has 0 rings (SSSR count). The molecule has 7 nitrogen and oxygen atoms in total. The van der Waals surface area contributed by atoms with E-state index in [9.17, 15) is 32.8 Å². The van der Waals surface area contributed by atoms with Crippen molar-refractivity contribution in [3.8, 4) is 0 Å². The van der Waals surface area contributed by atoms with E-state index in [4.69, 9.17) is 0 Å². The van der Waals surface area contributed by atoms with Gasteiger partial charge in [-0.3, -0.25) is 14.1 Å². The lowest BCUT2D eigenvalue weighted by atomic mass is 9.66. The molecule has 0 aromatic heterocycles. The third-order valence-electron chi connectivity index (χ3n) is 5.63. The Morgan fingerprint density at radius 1 is 0.733 bits per heavy atom. The lowest BCUT2D eigenvalue weighted by molar-refractivity contribution is -0.158. The molecule has 178 valence electrons. The maximum absolute atomic E-state index is 12.8. The second-order valence-electron chi connectivity index (χ2n) is 10.4. The Morgan fingerprint density at radius 2 is 1.07 bits per heavy atom. The number of rotatable bonds is 14. The first-order valence-corrected chi connectivity index (χ1v) is 12.3. The van der Waals surface area contributed by atoms with Crippen molar-refractivity contribution in [2.45, 2.75) is 85.8 Å². The molecule has 3 N–H and O–H groups in total. The zero-order valence-electron chi connectivity index (χ0n) is 19.8. The zero-order valence-corrected chi connectivity index (χ0v) is 20.6. The third kappa shape index (κ3) is 7.22. The van der Waals surface area contributed by atoms with Gasteiger partial charge in [-0.15, -0.1) is 0 Å². The van der Waals surface area contributed by atoms with Crippen LogP contribution in [-0.2, 0) is 19.7 Å². The normalized spacial score (nSPS) is 16.1. The standard InChI is InChI=1S/C22H42O7S/c1-13(2)9-17(10-14(3)4)19(20(23)24)22(21(25)26,30(27,28)29)18(11-15(5)6)12-16(7)8/h13-19H,9-12H2,1-8H3,(H,23,24)(H,25,26)(H,27,28,29). The quantitative estimate of drug-likeness (QED) is 0.324. The largest absolute Gasteiger partial charge is 0.481 e. The van der Waals surface area contributed by atoms with E-state index >= 15 is 0 Å². The van der Waals surface area contributed by atoms with Crippen molar-refractivity contribution in [1.82, 2.24) is 0 Å². The highest BCUT2D eigenvalue weighted by Gasteiger charge is 2.65. The van der Waals surface area contributed by atoms with Crippen molar-refractivity contribution in [3.05, 3.63) is 0 Å². The molecule has 0 amide bonds. The van der Waals surface area contributed by atoms with Crippen LogP contribution in [-0.4, -0.2) is 39.9 Å². The number of carboxylic acids is 2. The van der Waals surface area contributed by atoms with Crippen molar-refractivity contribution < 1.29 is 32.8 Å². The summed E-state index contributed by atoms with van der Waals surface area (Å²) in [6.07, 6.45) is 1.08. The topological polar surface area (TPSA) is 129 Å². The van der Waals surface area contributed by atoms with E-state index < -0.39 is 44.6 Å². The van der Waals surface area contributed by atoms with Crippen LogP contribution in [0.5, 0.6) is 0 Å². The van der Waals surface area contributed by atoms with Gasteiger partial charge in [-0.1, -0.05) is 55.4 Å². The highest BCUT2D eigenvalue weighted by Crippen LogP contribution is 2.47. The average Bonchev–Trinajstić information content (AvgIpc) is 2.46. The lowest BCUT2D eigenvalue weighted by Gasteiger charge is -2.43. The monoisotopic (exact) mass is 450 g/mol. The summed E-state index contributed by atoms with van der Waals surface area (Å²) < 4.78 is 33.2. The van der Waals surface area contributed by atoms with Crippen molar-refractivity contribution in [2.24, 2.45) is 41.4 Å². The van der Waals surface area contributed by atoms with Crippen LogP contribution < -0.4 is 0 Å². The minimum atomic E-state index is -5.26. The molecule has 0 saturated carbocycles. The molecule has 0 bridgehead atoms. The summed E-state index contributed by atoms with van der Waals surface area (Å²) in [6.45, 7) is 14.9. The van der Waals surface area contributed by atoms with Crippen LogP contribution in [0.4, 0.5) is 0 Å². The van der Waals surface area contributed by atoms with Crippen LogP contribution >= 0.6 is 0 Å². The molecule has 0 radical (unpaired) electrons. The zero-order chi connectivity index (χ0) is 24.0. The van der Waals surface area contributed by atoms with Gasteiger partial charge < -0.3 is 10.2 Å². The Kier molecular flexibility index (Phi) is 11.0. The van der Waals surface area contributed by atoms with E-state index in [1.54, 1.807) is 0 Å². The number of hydrogen-bond donors (Lipinski definition) is 3. The summed E-state index contributed by atoms with van der Waals surface area (Å²) in [5, 5.41) is 20.5. The lowest BCUT2D eigenvalue weighted by Crippen LogP contribution is -2.62. The smallest absolute Gasteiger partial charge is 0.328 e. The van der Waals surface area contributed by atoms with Crippen LogP contribution in [0.15, 0.2) is 0 Å². The van der Waals surface area contributed by atoms with E-state index in [0.717, 1.165) is 0 Å². The van der Waals surface area contributed by atoms with Crippen LogP contribution in [0.1, 0.15) is 81.1 Å². The van der Waals surface area contributed by atoms with Gasteiger partial charge in [0.15, 0.2) is 0 Å². The molecule has 0 aliphatic heterocycles. The van der Waals surface area contributed by atoms with Gasteiger partial charge in [0.1, 0.15) is 0 Å². The molecule has 0 fully saturated rings. The van der Waals surface area contributed by atoms with Crippen molar-refractivity contribution in [2.75, 3.05) is 0 Å². The first-order valence-electron chi connectivity index (χ1n) is 10.9. The molecule has 0 aliphatic carbocycles. The Bertz CT molecular complexity index is 647. The predicted octanol–water partition coefficient (Wildman–Crippen LogP) is 4.82. The molecule has 30 heavy (non-hydrogen) atoms. The summed E-state index contributed by atoms with van der Waals surface area (Å²) in [5.41, 5.74) is 0. The Morgan fingerprint density at radius 3 is 1.27 bits per heavy atom. The van der Waals surface area contributed by atoms with Crippen LogP contribution in [0.25, 0.3) is 0 Å². The summed E-state index contributed by atoms with van der Waals surface area (Å²) >= 11 is 0. The molecule has 0 saturated heterocycles. The fourth-order valence-corrected chi connectivity index (χ4v) is 6.39. The summed E-state index contributed by atoms with van der Waals surface area (Å²) in [6, 6.07) is 0. The first-order chi connectivity index (χ1) is 13.5. The minimum Gasteiger partial charge on any atom is -0.481 e. The fraction of sp³-hybridized carbons (Fsp3) is 0.909. The van der Waals surface area contributed by atoms with Crippen molar-refractivity contribution >= 4 is 22.1 Å². The molecule has 2 unspecified atom stereocenters. The SMILES string of the molecule is CC(C)CC(CC(C)C)C(C(=O)O)C(C(=O)O)(C(CC(C)C)CC(C)C)S(=O)(=O)O. The number of hydrogen-bond acceptors (Lipinski definition) is 4. The second kappa shape index (κ2) is 11.5. The van der Waals surface area contributed by atoms with Gasteiger partial charge in [0, 0.05) is 0 Å². The maximum Gasteiger partial charge on any atom is 0.328 e. The molecule has 0 aromatic rings. The van der Waals surface area contributed by atoms with Crippen LogP contribution in [0.2, 0.25) is 0 Å². The minimum absolute atomic E-state index is 0.0390. The fourth-order valence-electron chi connectivity index (χ4n) is 4.94. The Balaban J connectivity index is 7.15. The van der Waals surface area contributed by atoms with Crippen LogP contribution in [0, 0.1) is 41.4 Å². The second-order valence-corrected chi connectivity index (χ2v) is 12.0. The van der Waals surface area contributed by atoms with Gasteiger partial charge in [0.2, 0.25) is 4.75 Å². The highest BCUT2D eigenvalue weighted by molar-refractivity contribution is 7.88. The van der Waals surface area contributed by atoms with Gasteiger partial charge in [0.05, 0.1) is 5.92 Å². The van der Waals surface area contributed by atoms with E-state index in [-0.39, 0.29) is 36.5 Å². The van der Waals surface area contributed by atoms with Crippen molar-refractivity contribution in [1.29, 1.82) is 0 Å². The number of carboxylic acid groups (broad SMARTS) is 2. The molecule has 0 spiro atoms. The van der Waals surface area contributed by atoms with Crippen molar-refractivity contribution in [3.63, 3.8) is 0 Å². The molecule has 0 aromatic carbocycles. The van der Waals surface area contributed by atoms with E-state index in [0.29, 0.717) is 12.8 Å². The van der Waals surface area contributed by atoms with E-state index in [1.165, 1.54) is 0 Å². The van der Waals surface area contributed by atoms with E-state index in [1.807, 2.05) is 55.4 Å². The van der Waals surface area contributed by atoms with Gasteiger partial charge in [-0.2, -0.15) is 8.42 Å². The molecule has 0 heterocycles. The highest BCUT2D eigenvalue weighted by atomic mass is 32.2. The molecule has 8 heteroatoms. The van der Waals surface area contributed by atoms with Gasteiger partial charge in [0.25, 0.3) is 10.1 Å². The van der Waals surface area contributed by atoms with E-state index in [2.05, 4.69) is 0 Å². The van der Waals surface area contributed by atoms with Gasteiger partial charge in [-0.05, 0) is 61.2 Å². The Hall–Kier alpha value is -1.15. The Labute approximate surface area is 182 Å². The van der Waals surface area contributed by atoms with Crippen LogP contribution in [0.3, 0.4) is 0 Å². The third-order valence-corrected chi connectivity index (χ3v) is 7.24. The van der Waals surface area contributed by atoms with Gasteiger partial charge in [-0.25, -0.2) is 0 Å². The summed E-state index contributed by atoms with van der Waals surface area (Å²) in [4.78, 5) is 25.2. The number of carbonyl (C=O) groups is 2. The number of aliphatic carboxylic acids is 2. The molecule has 0 aliphatic rings. The maximum atomic E-state index is 12.8. The molecule has 2 atom stereocenters. The molecular weight excluding hydrogens is 408 g/mol. The first kappa shape index (κ1) is 28.9. The molecular formula is C22H42O7S. The summed E-state index contributed by atoms with van der Waals surface area (Å²) in [7, 11) is -5.26. The average molecular weight is 451 g/mol.